The van der Waals surface area contributed by atoms with Crippen LogP contribution in [0.3, 0.4) is 0 Å². The van der Waals surface area contributed by atoms with Gasteiger partial charge in [-0.3, -0.25) is 0 Å². The number of hydrogen-bond donors (Lipinski definition) is 0. The second kappa shape index (κ2) is 5.98. The average molecular weight is 269 g/mol. The first kappa shape index (κ1) is 13.8. The van der Waals surface area contributed by atoms with E-state index in [9.17, 15) is 9.18 Å². The summed E-state index contributed by atoms with van der Waals surface area (Å²) in [6.07, 6.45) is 0.875. The van der Waals surface area contributed by atoms with Gasteiger partial charge in [0.15, 0.2) is 11.6 Å². The second-order valence-electron chi connectivity index (χ2n) is 4.20. The molecule has 0 fully saturated rings. The molecule has 4 heteroatoms. The minimum Gasteiger partial charge on any atom is -0.420 e. The van der Waals surface area contributed by atoms with Gasteiger partial charge in [-0.15, -0.1) is 0 Å². The van der Waals surface area contributed by atoms with Gasteiger partial charge in [-0.25, -0.2) is 9.18 Å². The van der Waals surface area contributed by atoms with E-state index in [2.05, 4.69) is 0 Å². The van der Waals surface area contributed by atoms with Gasteiger partial charge in [0.05, 0.1) is 17.2 Å². The number of rotatable bonds is 3. The second-order valence-corrected chi connectivity index (χ2v) is 4.20. The molecule has 0 aliphatic carbocycles. The molecule has 2 rings (SSSR count). The number of halogens is 1. The Morgan fingerprint density at radius 3 is 2.50 bits per heavy atom. The maximum absolute atomic E-state index is 13.6. The van der Waals surface area contributed by atoms with E-state index in [0.717, 1.165) is 18.1 Å². The van der Waals surface area contributed by atoms with Crippen LogP contribution in [-0.2, 0) is 6.42 Å². The van der Waals surface area contributed by atoms with Gasteiger partial charge in [-0.1, -0.05) is 19.1 Å². The van der Waals surface area contributed by atoms with Crippen LogP contribution >= 0.6 is 0 Å². The minimum atomic E-state index is -0.734. The fraction of sp³-hybridized carbons (Fsp3) is 0.125. The van der Waals surface area contributed by atoms with Crippen LogP contribution in [-0.4, -0.2) is 5.97 Å². The Balaban J connectivity index is 2.17. The number of aryl methyl sites for hydroxylation is 1. The molecule has 20 heavy (non-hydrogen) atoms. The van der Waals surface area contributed by atoms with Crippen LogP contribution in [0.5, 0.6) is 5.75 Å². The van der Waals surface area contributed by atoms with Gasteiger partial charge in [0.25, 0.3) is 0 Å². The first-order valence-corrected chi connectivity index (χ1v) is 6.15. The molecule has 0 aliphatic heterocycles. The molecule has 0 saturated carbocycles. The average Bonchev–Trinajstić information content (AvgIpc) is 2.49. The number of hydrogen-bond acceptors (Lipinski definition) is 3. The number of carbonyl (C=O) groups excluding carboxylic acids is 1. The van der Waals surface area contributed by atoms with Crippen LogP contribution in [0, 0.1) is 17.1 Å². The van der Waals surface area contributed by atoms with E-state index in [0.29, 0.717) is 5.56 Å². The van der Waals surface area contributed by atoms with Crippen molar-refractivity contribution in [3.05, 3.63) is 65.0 Å². The highest BCUT2D eigenvalue weighted by atomic mass is 19.1. The van der Waals surface area contributed by atoms with E-state index in [1.54, 1.807) is 12.1 Å². The Bertz CT molecular complexity index is 672. The standard InChI is InChI=1S/C16H12FNO2/c1-2-11-3-6-13(7-4-11)16(19)20-15-8-5-12(10-18)9-14(15)17/h3-9H,2H2,1H3. The normalized spacial score (nSPS) is 9.85. The highest BCUT2D eigenvalue weighted by Gasteiger charge is 2.12. The lowest BCUT2D eigenvalue weighted by Gasteiger charge is -2.06. The highest BCUT2D eigenvalue weighted by molar-refractivity contribution is 5.91. The van der Waals surface area contributed by atoms with Crippen LogP contribution in [0.2, 0.25) is 0 Å². The molecule has 0 N–H and O–H groups in total. The lowest BCUT2D eigenvalue weighted by molar-refractivity contribution is 0.0728. The maximum Gasteiger partial charge on any atom is 0.343 e. The van der Waals surface area contributed by atoms with Gasteiger partial charge >= 0.3 is 5.97 Å². The van der Waals surface area contributed by atoms with Crippen molar-refractivity contribution in [2.45, 2.75) is 13.3 Å². The Kier molecular flexibility index (Phi) is 4.11. The van der Waals surface area contributed by atoms with Crippen LogP contribution in [0.15, 0.2) is 42.5 Å². The molecule has 0 unspecified atom stereocenters. The summed E-state index contributed by atoms with van der Waals surface area (Å²) in [6.45, 7) is 2.01. The molecule has 0 saturated heterocycles. The quantitative estimate of drug-likeness (QED) is 0.633. The summed E-state index contributed by atoms with van der Waals surface area (Å²) in [7, 11) is 0. The topological polar surface area (TPSA) is 50.1 Å². The van der Waals surface area contributed by atoms with Crippen LogP contribution < -0.4 is 4.74 Å². The molecular formula is C16H12FNO2. The predicted octanol–water partition coefficient (Wildman–Crippen LogP) is 3.48. The van der Waals surface area contributed by atoms with Gasteiger partial charge in [0.1, 0.15) is 0 Å². The monoisotopic (exact) mass is 269 g/mol. The zero-order valence-electron chi connectivity index (χ0n) is 10.9. The number of benzene rings is 2. The molecule has 0 bridgehead atoms. The lowest BCUT2D eigenvalue weighted by Crippen LogP contribution is -2.09. The number of esters is 1. The van der Waals surface area contributed by atoms with Gasteiger partial charge in [0, 0.05) is 0 Å². The lowest BCUT2D eigenvalue weighted by atomic mass is 10.1. The Hall–Kier alpha value is -2.67. The van der Waals surface area contributed by atoms with Crippen molar-refractivity contribution < 1.29 is 13.9 Å². The molecule has 0 amide bonds. The van der Waals surface area contributed by atoms with E-state index in [1.807, 2.05) is 25.1 Å². The Morgan fingerprint density at radius 2 is 1.95 bits per heavy atom. The molecule has 0 spiro atoms. The van der Waals surface area contributed by atoms with E-state index < -0.39 is 11.8 Å². The number of carbonyl (C=O) groups is 1. The van der Waals surface area contributed by atoms with Crippen molar-refractivity contribution in [2.75, 3.05) is 0 Å². The zero-order chi connectivity index (χ0) is 14.5. The predicted molar refractivity (Wildman–Crippen MR) is 71.9 cm³/mol. The molecule has 2 aromatic rings. The Morgan fingerprint density at radius 1 is 1.25 bits per heavy atom. The van der Waals surface area contributed by atoms with Crippen molar-refractivity contribution in [2.24, 2.45) is 0 Å². The summed E-state index contributed by atoms with van der Waals surface area (Å²) in [4.78, 5) is 11.9. The summed E-state index contributed by atoms with van der Waals surface area (Å²) < 4.78 is 18.6. The van der Waals surface area contributed by atoms with Gasteiger partial charge in [-0.05, 0) is 42.3 Å². The first-order valence-electron chi connectivity index (χ1n) is 6.15. The van der Waals surface area contributed by atoms with Gasteiger partial charge in [0.2, 0.25) is 0 Å². The minimum absolute atomic E-state index is 0.176. The number of nitrogens with zero attached hydrogens (tertiary/aromatic N) is 1. The van der Waals surface area contributed by atoms with Gasteiger partial charge < -0.3 is 4.74 Å². The fourth-order valence-corrected chi connectivity index (χ4v) is 1.69. The zero-order valence-corrected chi connectivity index (χ0v) is 10.9. The third-order valence-corrected chi connectivity index (χ3v) is 2.86. The summed E-state index contributed by atoms with van der Waals surface area (Å²) in [6, 6.07) is 12.4. The van der Waals surface area contributed by atoms with Crippen molar-refractivity contribution in [1.82, 2.24) is 0 Å². The molecule has 0 heterocycles. The van der Waals surface area contributed by atoms with Crippen molar-refractivity contribution in [3.8, 4) is 11.8 Å². The molecule has 0 atom stereocenters. The van der Waals surface area contributed by atoms with Gasteiger partial charge in [-0.2, -0.15) is 5.26 Å². The highest BCUT2D eigenvalue weighted by Crippen LogP contribution is 2.19. The van der Waals surface area contributed by atoms with E-state index >= 15 is 0 Å². The third kappa shape index (κ3) is 3.01. The molecular weight excluding hydrogens is 257 g/mol. The molecule has 3 nitrogen and oxygen atoms in total. The first-order chi connectivity index (χ1) is 9.63. The van der Waals surface area contributed by atoms with E-state index in [1.165, 1.54) is 12.1 Å². The van der Waals surface area contributed by atoms with E-state index in [4.69, 9.17) is 10.00 Å². The maximum atomic E-state index is 13.6. The Labute approximate surface area is 116 Å². The fourth-order valence-electron chi connectivity index (χ4n) is 1.69. The van der Waals surface area contributed by atoms with E-state index in [-0.39, 0.29) is 11.3 Å². The molecule has 2 aromatic carbocycles. The summed E-state index contributed by atoms with van der Waals surface area (Å²) >= 11 is 0. The third-order valence-electron chi connectivity index (χ3n) is 2.86. The summed E-state index contributed by atoms with van der Waals surface area (Å²) in [5.74, 6) is -1.55. The molecule has 0 radical (unpaired) electrons. The number of nitriles is 1. The smallest absolute Gasteiger partial charge is 0.343 e. The van der Waals surface area contributed by atoms with Crippen LogP contribution in [0.4, 0.5) is 4.39 Å². The van der Waals surface area contributed by atoms with Crippen molar-refractivity contribution in [3.63, 3.8) is 0 Å². The van der Waals surface area contributed by atoms with Crippen molar-refractivity contribution >= 4 is 5.97 Å². The number of ether oxygens (including phenoxy) is 1. The van der Waals surface area contributed by atoms with Crippen LogP contribution in [0.25, 0.3) is 0 Å². The van der Waals surface area contributed by atoms with Crippen LogP contribution in [0.1, 0.15) is 28.4 Å². The largest absolute Gasteiger partial charge is 0.420 e. The summed E-state index contributed by atoms with van der Waals surface area (Å²) in [5, 5.41) is 8.64. The van der Waals surface area contributed by atoms with Crippen molar-refractivity contribution in [1.29, 1.82) is 5.26 Å². The summed E-state index contributed by atoms with van der Waals surface area (Å²) in [5.41, 5.74) is 1.63. The molecule has 0 aliphatic rings. The SMILES string of the molecule is CCc1ccc(C(=O)Oc2ccc(C#N)cc2F)cc1. The molecule has 100 valence electrons. The molecule has 0 aromatic heterocycles.